The molecule has 1 heterocycles. The Kier molecular flexibility index (Phi) is 5.47. The molecule has 0 aliphatic carbocycles. The zero-order chi connectivity index (χ0) is 18.7. The molecular weight excluding hydrogens is 334 g/mol. The van der Waals surface area contributed by atoms with Gasteiger partial charge in [-0.25, -0.2) is 8.78 Å². The second kappa shape index (κ2) is 7.79. The number of nitrogens with one attached hydrogen (secondary N) is 1. The minimum atomic E-state index is -0.477. The summed E-state index contributed by atoms with van der Waals surface area (Å²) in [4.78, 5) is 14.2. The van der Waals surface area contributed by atoms with E-state index in [1.54, 1.807) is 0 Å². The number of rotatable bonds is 5. The summed E-state index contributed by atoms with van der Waals surface area (Å²) in [5.41, 5.74) is 1.95. The van der Waals surface area contributed by atoms with E-state index in [1.165, 1.54) is 6.07 Å². The Morgan fingerprint density at radius 2 is 1.92 bits per heavy atom. The molecule has 1 amide bonds. The summed E-state index contributed by atoms with van der Waals surface area (Å²) in [7, 11) is 0. The highest BCUT2D eigenvalue weighted by Gasteiger charge is 2.29. The Hall–Kier alpha value is -2.53. The lowest BCUT2D eigenvalue weighted by molar-refractivity contribution is -0.122. The van der Waals surface area contributed by atoms with Crippen LogP contribution in [0.4, 0.5) is 8.78 Å². The predicted octanol–water partition coefficient (Wildman–Crippen LogP) is 3.93. The predicted molar refractivity (Wildman–Crippen MR) is 98.4 cm³/mol. The minimum Gasteiger partial charge on any atom is -0.353 e. The molecular formula is C21H22F2N2O. The number of hydrogen-bond donors (Lipinski definition) is 1. The third-order valence-electron chi connectivity index (χ3n) is 4.34. The van der Waals surface area contributed by atoms with E-state index in [1.807, 2.05) is 55.2 Å². The van der Waals surface area contributed by atoms with Gasteiger partial charge in [-0.3, -0.25) is 9.69 Å². The minimum absolute atomic E-state index is 0.0494. The van der Waals surface area contributed by atoms with Gasteiger partial charge in [-0.05, 0) is 43.2 Å². The highest BCUT2D eigenvalue weighted by molar-refractivity contribution is 5.79. The first kappa shape index (κ1) is 18.3. The first-order valence-corrected chi connectivity index (χ1v) is 8.68. The summed E-state index contributed by atoms with van der Waals surface area (Å²) in [5, 5.41) is 2.88. The van der Waals surface area contributed by atoms with Crippen LogP contribution in [0.1, 0.15) is 31.0 Å². The van der Waals surface area contributed by atoms with Crippen LogP contribution in [0, 0.1) is 11.6 Å². The van der Waals surface area contributed by atoms with Crippen LogP contribution in [0.5, 0.6) is 0 Å². The van der Waals surface area contributed by atoms with E-state index in [9.17, 15) is 13.6 Å². The van der Waals surface area contributed by atoms with Gasteiger partial charge in [0.15, 0.2) is 0 Å². The van der Waals surface area contributed by atoms with Gasteiger partial charge >= 0.3 is 0 Å². The van der Waals surface area contributed by atoms with Crippen molar-refractivity contribution in [3.8, 4) is 0 Å². The third kappa shape index (κ3) is 4.17. The van der Waals surface area contributed by atoms with Gasteiger partial charge in [0, 0.05) is 18.2 Å². The molecule has 0 radical (unpaired) electrons. The van der Waals surface area contributed by atoms with Gasteiger partial charge in [-0.15, -0.1) is 0 Å². The Labute approximate surface area is 152 Å². The number of halogens is 2. The highest BCUT2D eigenvalue weighted by atomic mass is 19.1. The van der Waals surface area contributed by atoms with Crippen molar-refractivity contribution in [1.29, 1.82) is 0 Å². The van der Waals surface area contributed by atoms with E-state index in [-0.39, 0.29) is 30.1 Å². The van der Waals surface area contributed by atoms with Gasteiger partial charge < -0.3 is 5.32 Å². The smallest absolute Gasteiger partial charge is 0.234 e. The molecule has 0 aromatic heterocycles. The monoisotopic (exact) mass is 356 g/mol. The van der Waals surface area contributed by atoms with Gasteiger partial charge in [-0.2, -0.15) is 0 Å². The summed E-state index contributed by atoms with van der Waals surface area (Å²) in [6, 6.07) is 13.1. The van der Waals surface area contributed by atoms with Crippen molar-refractivity contribution in [2.24, 2.45) is 0 Å². The van der Waals surface area contributed by atoms with Crippen LogP contribution < -0.4 is 5.32 Å². The molecule has 136 valence electrons. The van der Waals surface area contributed by atoms with Crippen LogP contribution in [-0.2, 0) is 4.79 Å². The number of carbonyl (C=O) groups is 1. The van der Waals surface area contributed by atoms with Crippen molar-refractivity contribution in [2.75, 3.05) is 13.1 Å². The number of nitrogens with zero attached hydrogens (tertiary/aromatic N) is 1. The normalized spacial score (nSPS) is 17.4. The van der Waals surface area contributed by atoms with Crippen molar-refractivity contribution in [1.82, 2.24) is 10.2 Å². The molecule has 3 rings (SSSR count). The summed E-state index contributed by atoms with van der Waals surface area (Å²) in [6.07, 6.45) is 1.91. The molecule has 5 heteroatoms. The third-order valence-corrected chi connectivity index (χ3v) is 4.34. The molecule has 0 spiro atoms. The Morgan fingerprint density at radius 1 is 1.19 bits per heavy atom. The average molecular weight is 356 g/mol. The SMILES string of the molecule is CC(C)NC(=O)CN1CC(c2cc(F)ccc2F)=C[C@H]1c1ccccc1. The van der Waals surface area contributed by atoms with E-state index in [4.69, 9.17) is 0 Å². The largest absolute Gasteiger partial charge is 0.353 e. The maximum absolute atomic E-state index is 14.2. The lowest BCUT2D eigenvalue weighted by atomic mass is 10.0. The zero-order valence-corrected chi connectivity index (χ0v) is 14.9. The van der Waals surface area contributed by atoms with Gasteiger partial charge in [0.05, 0.1) is 12.6 Å². The van der Waals surface area contributed by atoms with Gasteiger partial charge in [-0.1, -0.05) is 36.4 Å². The molecule has 0 unspecified atom stereocenters. The fraction of sp³-hybridized carbons (Fsp3) is 0.286. The second-order valence-corrected chi connectivity index (χ2v) is 6.80. The molecule has 1 aliphatic rings. The molecule has 1 N–H and O–H groups in total. The van der Waals surface area contributed by atoms with Crippen LogP contribution in [0.15, 0.2) is 54.6 Å². The first-order valence-electron chi connectivity index (χ1n) is 8.68. The highest BCUT2D eigenvalue weighted by Crippen LogP contribution is 2.35. The summed E-state index contributed by atoms with van der Waals surface area (Å²) < 4.78 is 27.8. The van der Waals surface area contributed by atoms with Crippen molar-refractivity contribution < 1.29 is 13.6 Å². The lowest BCUT2D eigenvalue weighted by Gasteiger charge is -2.24. The standard InChI is InChI=1S/C21H22F2N2O/c1-14(2)24-21(26)13-25-12-16(18-11-17(22)8-9-19(18)23)10-20(25)15-6-4-3-5-7-15/h3-11,14,20H,12-13H2,1-2H3,(H,24,26)/t20-/m0/s1. The van der Waals surface area contributed by atoms with Crippen LogP contribution >= 0.6 is 0 Å². The molecule has 0 saturated carbocycles. The molecule has 1 aliphatic heterocycles. The van der Waals surface area contributed by atoms with Crippen LogP contribution in [0.2, 0.25) is 0 Å². The Morgan fingerprint density at radius 3 is 2.62 bits per heavy atom. The zero-order valence-electron chi connectivity index (χ0n) is 14.9. The van der Waals surface area contributed by atoms with Crippen LogP contribution in [0.3, 0.4) is 0 Å². The maximum atomic E-state index is 14.2. The molecule has 2 aromatic rings. The summed E-state index contributed by atoms with van der Waals surface area (Å²) in [6.45, 7) is 4.38. The topological polar surface area (TPSA) is 32.3 Å². The Bertz CT molecular complexity index is 818. The van der Waals surface area contributed by atoms with E-state index in [0.29, 0.717) is 12.1 Å². The second-order valence-electron chi connectivity index (χ2n) is 6.80. The summed E-state index contributed by atoms with van der Waals surface area (Å²) in [5.74, 6) is -1.03. The van der Waals surface area contributed by atoms with E-state index in [2.05, 4.69) is 5.32 Å². The Balaban J connectivity index is 1.91. The van der Waals surface area contributed by atoms with Gasteiger partial charge in [0.25, 0.3) is 0 Å². The van der Waals surface area contributed by atoms with Gasteiger partial charge in [0.2, 0.25) is 5.91 Å². The molecule has 0 bridgehead atoms. The molecule has 1 atom stereocenters. The van der Waals surface area contributed by atoms with Crippen LogP contribution in [0.25, 0.3) is 5.57 Å². The van der Waals surface area contributed by atoms with E-state index >= 15 is 0 Å². The molecule has 0 saturated heterocycles. The fourth-order valence-corrected chi connectivity index (χ4v) is 3.25. The molecule has 3 nitrogen and oxygen atoms in total. The van der Waals surface area contributed by atoms with E-state index in [0.717, 1.165) is 17.7 Å². The first-order chi connectivity index (χ1) is 12.4. The quantitative estimate of drug-likeness (QED) is 0.880. The molecule has 0 fully saturated rings. The summed E-state index contributed by atoms with van der Waals surface area (Å²) >= 11 is 0. The van der Waals surface area contributed by atoms with Crippen molar-refractivity contribution in [3.05, 3.63) is 77.4 Å². The fourth-order valence-electron chi connectivity index (χ4n) is 3.25. The number of hydrogen-bond acceptors (Lipinski definition) is 2. The number of amides is 1. The van der Waals surface area contributed by atoms with Crippen molar-refractivity contribution in [3.63, 3.8) is 0 Å². The molecule has 26 heavy (non-hydrogen) atoms. The van der Waals surface area contributed by atoms with Crippen molar-refractivity contribution >= 4 is 11.5 Å². The lowest BCUT2D eigenvalue weighted by Crippen LogP contribution is -2.40. The number of carbonyl (C=O) groups excluding carboxylic acids is 1. The molecule has 2 aromatic carbocycles. The van der Waals surface area contributed by atoms with Crippen molar-refractivity contribution in [2.45, 2.75) is 25.9 Å². The number of benzene rings is 2. The van der Waals surface area contributed by atoms with E-state index < -0.39 is 11.6 Å². The van der Waals surface area contributed by atoms with Crippen LogP contribution in [-0.4, -0.2) is 29.9 Å². The van der Waals surface area contributed by atoms with Gasteiger partial charge in [0.1, 0.15) is 11.6 Å². The average Bonchev–Trinajstić information content (AvgIpc) is 3.00. The maximum Gasteiger partial charge on any atom is 0.234 e.